The van der Waals surface area contributed by atoms with Crippen molar-refractivity contribution in [3.05, 3.63) is 86.0 Å². The molecule has 0 aliphatic rings. The van der Waals surface area contributed by atoms with Crippen LogP contribution >= 0.6 is 24.0 Å². The maximum atomic E-state index is 11.1. The van der Waals surface area contributed by atoms with Crippen LogP contribution < -0.4 is 34.4 Å². The Balaban J connectivity index is -0.000000569. The fourth-order valence-electron chi connectivity index (χ4n) is 2.10. The van der Waals surface area contributed by atoms with Gasteiger partial charge in [0.05, 0.1) is 0 Å². The molecule has 20 heteroatoms. The number of nitrogens with one attached hydrogen (secondary N) is 1. The van der Waals surface area contributed by atoms with Gasteiger partial charge in [-0.1, -0.05) is 0 Å². The van der Waals surface area contributed by atoms with Crippen LogP contribution in [0.25, 0.3) is 0 Å². The second-order valence-corrected chi connectivity index (χ2v) is 9.68. The summed E-state index contributed by atoms with van der Waals surface area (Å²) in [5.74, 6) is 13.2. The van der Waals surface area contributed by atoms with Gasteiger partial charge >= 0.3 is 274 Å². The van der Waals surface area contributed by atoms with Gasteiger partial charge in [-0.15, -0.1) is 0 Å². The zero-order valence-electron chi connectivity index (χ0n) is 25.6. The fraction of sp³-hybridized carbons (Fsp3) is 0.111. The molecule has 0 fully saturated rings. The Morgan fingerprint density at radius 1 is 1.02 bits per heavy atom. The monoisotopic (exact) mass is 787 g/mol. The molecular formula is C27H34N14OS2V3-2. The van der Waals surface area contributed by atoms with Gasteiger partial charge in [-0.3, -0.25) is 11.7 Å². The number of hydrogen-bond donors (Lipinski definition) is 6. The van der Waals surface area contributed by atoms with E-state index >= 15 is 0 Å². The van der Waals surface area contributed by atoms with Gasteiger partial charge < -0.3 is 11.5 Å². The number of anilines is 1. The van der Waals surface area contributed by atoms with E-state index in [2.05, 4.69) is 133 Å². The molecule has 0 bridgehead atoms. The van der Waals surface area contributed by atoms with Crippen molar-refractivity contribution in [1.29, 1.82) is 0 Å². The molecule has 2 rings (SSSR count). The Kier molecular flexibility index (Phi) is 33.2. The third kappa shape index (κ3) is 26.4. The number of carbonyl (C=O) groups is 1. The molecule has 0 unspecified atom stereocenters. The number of nitrogens with two attached hydrogens (primary N) is 5. The number of ketones is 1. The van der Waals surface area contributed by atoms with Gasteiger partial charge in [0, 0.05) is 0 Å². The van der Waals surface area contributed by atoms with Crippen LogP contribution in [-0.4, -0.2) is 87.9 Å². The summed E-state index contributed by atoms with van der Waals surface area (Å²) in [6, 6.07) is 3.51. The standard InChI is InChI=1S/C9H8N3S.C9H10N2O.C8H8N5.CH4N2S.H4N2.3V/c1-4-10-7(2)8-5-6-11-9(12-8)13-3;1-5-10-8(2)9(12)6-7-11(3)4;1-3-10-6(2)7-4-5-11-8(12-7)13-9;2-1(3)4;1-2;;;/h1-2,4-6H,3H3;1-2,6-7H,3-4H3;1-5H,9H2,(H,11,12,13);(H4,2,3,4);1-2H2;;;/q-1;;-1;;;;;/b;7-6+;;;;;;. The number of thiocarbonyl (C=S) groups is 1. The summed E-state index contributed by atoms with van der Waals surface area (Å²) in [7, 11) is 3.62. The van der Waals surface area contributed by atoms with E-state index < -0.39 is 0 Å². The first kappa shape index (κ1) is 48.0. The predicted molar refractivity (Wildman–Crippen MR) is 185 cm³/mol. The van der Waals surface area contributed by atoms with E-state index in [-0.39, 0.29) is 16.6 Å². The first-order valence-corrected chi connectivity index (χ1v) is 16.2. The first-order chi connectivity index (χ1) is 22.4. The van der Waals surface area contributed by atoms with E-state index in [4.69, 9.17) is 25.6 Å². The molecule has 11 N–H and O–H groups in total. The Bertz CT molecular complexity index is 1370. The zero-order valence-corrected chi connectivity index (χ0v) is 31.4. The molecule has 0 aromatic carbocycles. The molecule has 0 aliphatic carbocycles. The number of aliphatic imine (C=N–C) groups is 3. The number of hydrogen-bond acceptors (Lipinski definition) is 15. The van der Waals surface area contributed by atoms with Crippen molar-refractivity contribution in [2.45, 2.75) is 5.16 Å². The maximum absolute atomic E-state index is 11.1. The summed E-state index contributed by atoms with van der Waals surface area (Å²) in [5, 5.41) is 0.724. The van der Waals surface area contributed by atoms with E-state index in [1.165, 1.54) is 35.0 Å². The van der Waals surface area contributed by atoms with Gasteiger partial charge in [-0.2, -0.15) is 0 Å². The summed E-state index contributed by atoms with van der Waals surface area (Å²) in [6.45, 7) is 15.7. The Morgan fingerprint density at radius 3 is 1.91 bits per heavy atom. The van der Waals surface area contributed by atoms with E-state index in [1.807, 2.05) is 20.4 Å². The Labute approximate surface area is 312 Å². The van der Waals surface area contributed by atoms with Crippen molar-refractivity contribution in [2.75, 3.05) is 25.8 Å². The second kappa shape index (κ2) is 32.5. The van der Waals surface area contributed by atoms with Crippen molar-refractivity contribution < 1.29 is 55.7 Å². The topological polar surface area (TPSA) is 251 Å². The molecular weight excluding hydrogens is 753 g/mol. The third-order valence-electron chi connectivity index (χ3n) is 3.82. The molecule has 15 nitrogen and oxygen atoms in total. The Morgan fingerprint density at radius 2 is 1.51 bits per heavy atom. The molecule has 0 amide bonds. The van der Waals surface area contributed by atoms with Crippen molar-refractivity contribution in [2.24, 2.45) is 44.0 Å². The summed E-state index contributed by atoms with van der Waals surface area (Å²) in [4.78, 5) is 40.7. The van der Waals surface area contributed by atoms with Crippen LogP contribution in [0.3, 0.4) is 0 Å². The number of rotatable bonds is 13. The van der Waals surface area contributed by atoms with Crippen LogP contribution in [0.1, 0.15) is 11.4 Å². The van der Waals surface area contributed by atoms with E-state index in [1.54, 1.807) is 45.1 Å². The minimum absolute atomic E-state index is 0.000000000000000222. The van der Waals surface area contributed by atoms with Crippen LogP contribution in [0.2, 0.25) is 0 Å². The number of allylic oxidation sites excluding steroid dienone is 1. The average molecular weight is 788 g/mol. The van der Waals surface area contributed by atoms with Crippen molar-refractivity contribution in [3.8, 4) is 0 Å². The SMILES string of the molecule is NC(N)=S.NN.[CH-]=C(N=[C+][CH]=[V])C(=O)/C=C/N(C)C.[CH-]=CN=C([CH]=[V])c1ccnc(NN)n1.[CH-]=CN=C([CH]=[V])c1ccnc(SC)n1. The van der Waals surface area contributed by atoms with E-state index in [0.717, 1.165) is 16.6 Å². The molecule has 0 atom stereocenters. The number of carbonyl (C=O) groups excluding carboxylic acids is 1. The molecule has 47 heavy (non-hydrogen) atoms. The van der Waals surface area contributed by atoms with Gasteiger partial charge in [0.2, 0.25) is 0 Å². The normalized spacial score (nSPS) is 9.85. The molecule has 0 spiro atoms. The van der Waals surface area contributed by atoms with E-state index in [9.17, 15) is 4.79 Å². The van der Waals surface area contributed by atoms with Crippen LogP contribution in [0.15, 0.2) is 75.0 Å². The average Bonchev–Trinajstić information content (AvgIpc) is 3.08. The van der Waals surface area contributed by atoms with Crippen molar-refractivity contribution >= 4 is 72.6 Å². The molecule has 247 valence electrons. The number of thioether (sulfide) groups is 1. The van der Waals surface area contributed by atoms with Gasteiger partial charge in [0.1, 0.15) is 0 Å². The number of aromatic nitrogens is 4. The fourth-order valence-corrected chi connectivity index (χ4v) is 3.17. The summed E-state index contributed by atoms with van der Waals surface area (Å²) in [6.07, 6.45) is 13.1. The number of hydrazine groups is 2. The van der Waals surface area contributed by atoms with Crippen LogP contribution in [-0.2, 0) is 55.7 Å². The van der Waals surface area contributed by atoms with Gasteiger partial charge in [-0.05, 0) is 12.2 Å². The van der Waals surface area contributed by atoms with Gasteiger partial charge in [0.15, 0.2) is 5.11 Å². The van der Waals surface area contributed by atoms with Crippen LogP contribution in [0, 0.1) is 19.7 Å². The summed E-state index contributed by atoms with van der Waals surface area (Å²) in [5.41, 5.74) is 14.3. The predicted octanol–water partition coefficient (Wildman–Crippen LogP) is -0.618. The second-order valence-electron chi connectivity index (χ2n) is 7.22. The summed E-state index contributed by atoms with van der Waals surface area (Å²) >= 11 is 12.3. The summed E-state index contributed by atoms with van der Waals surface area (Å²) < 4.78 is 5.05. The van der Waals surface area contributed by atoms with E-state index in [0.29, 0.717) is 17.4 Å². The Hall–Kier alpha value is -3.41. The molecule has 2 aromatic heterocycles. The van der Waals surface area contributed by atoms with Gasteiger partial charge in [-0.25, -0.2) is 0 Å². The molecule has 0 radical (unpaired) electrons. The van der Waals surface area contributed by atoms with Crippen LogP contribution in [0.4, 0.5) is 5.95 Å². The number of nitrogens with zero attached hydrogens (tertiary/aromatic N) is 8. The third-order valence-corrected chi connectivity index (χ3v) is 5.32. The quantitative estimate of drug-likeness (QED) is 0.0217. The zero-order chi connectivity index (χ0) is 36.6. The van der Waals surface area contributed by atoms with Crippen LogP contribution in [0.5, 0.6) is 0 Å². The molecule has 0 aliphatic heterocycles. The first-order valence-electron chi connectivity index (χ1n) is 12.1. The van der Waals surface area contributed by atoms with Crippen molar-refractivity contribution in [3.63, 3.8) is 0 Å². The minimum atomic E-state index is -0.324. The molecule has 2 heterocycles. The van der Waals surface area contributed by atoms with Crippen molar-refractivity contribution in [1.82, 2.24) is 24.8 Å². The molecule has 2 aromatic rings. The number of nitrogen functional groups attached to an aromatic ring is 1. The molecule has 0 saturated heterocycles. The van der Waals surface area contributed by atoms with Gasteiger partial charge in [0.25, 0.3) is 0 Å². The molecule has 0 saturated carbocycles.